The normalized spacial score (nSPS) is 14.5. The molecule has 0 rings (SSSR count). The van der Waals surface area contributed by atoms with Gasteiger partial charge in [0, 0.05) is 26.2 Å². The highest BCUT2D eigenvalue weighted by molar-refractivity contribution is 4.80. The Kier molecular flexibility index (Phi) is 8.83. The molecule has 1 N–H and O–H groups in total. The average molecular weight is 258 g/mol. The summed E-state index contributed by atoms with van der Waals surface area (Å²) in [4.78, 5) is 2.52. The Bertz CT molecular complexity index is 199. The van der Waals surface area contributed by atoms with Crippen LogP contribution < -0.4 is 5.32 Å². The van der Waals surface area contributed by atoms with Gasteiger partial charge in [0.2, 0.25) is 0 Å². The first-order chi connectivity index (χ1) is 8.31. The minimum atomic E-state index is 0.319. The predicted molar refractivity (Wildman–Crippen MR) is 80.1 cm³/mol. The standard InChI is InChI=1S/C15H34N2O/c1-13(2)12-17(10-11-18-7)9-8-14(16-6)15(3,4)5/h13-14,16H,8-12H2,1-7H3. The average Bonchev–Trinajstić information content (AvgIpc) is 2.23. The van der Waals surface area contributed by atoms with Crippen LogP contribution in [0.3, 0.4) is 0 Å². The minimum absolute atomic E-state index is 0.319. The zero-order valence-corrected chi connectivity index (χ0v) is 13.5. The van der Waals surface area contributed by atoms with Gasteiger partial charge in [-0.1, -0.05) is 34.6 Å². The van der Waals surface area contributed by atoms with Gasteiger partial charge in [-0.3, -0.25) is 0 Å². The molecule has 0 saturated heterocycles. The molecule has 0 heterocycles. The summed E-state index contributed by atoms with van der Waals surface area (Å²) >= 11 is 0. The van der Waals surface area contributed by atoms with E-state index in [9.17, 15) is 0 Å². The number of hydrogen-bond acceptors (Lipinski definition) is 3. The monoisotopic (exact) mass is 258 g/mol. The van der Waals surface area contributed by atoms with Crippen molar-refractivity contribution in [3.05, 3.63) is 0 Å². The van der Waals surface area contributed by atoms with Crippen LogP contribution in [0, 0.1) is 11.3 Å². The number of nitrogens with zero attached hydrogens (tertiary/aromatic N) is 1. The lowest BCUT2D eigenvalue weighted by Crippen LogP contribution is -2.42. The zero-order chi connectivity index (χ0) is 14.2. The van der Waals surface area contributed by atoms with Crippen molar-refractivity contribution in [1.29, 1.82) is 0 Å². The van der Waals surface area contributed by atoms with E-state index in [4.69, 9.17) is 4.74 Å². The highest BCUT2D eigenvalue weighted by atomic mass is 16.5. The van der Waals surface area contributed by atoms with Crippen molar-refractivity contribution in [3.63, 3.8) is 0 Å². The molecule has 0 aliphatic rings. The zero-order valence-electron chi connectivity index (χ0n) is 13.5. The van der Waals surface area contributed by atoms with Crippen LogP contribution in [0.2, 0.25) is 0 Å². The van der Waals surface area contributed by atoms with E-state index in [1.54, 1.807) is 7.11 Å². The molecule has 0 aliphatic heterocycles. The molecule has 0 aliphatic carbocycles. The summed E-state index contributed by atoms with van der Waals surface area (Å²) in [6.45, 7) is 15.6. The Labute approximate surface area is 114 Å². The van der Waals surface area contributed by atoms with Crippen molar-refractivity contribution in [1.82, 2.24) is 10.2 Å². The fourth-order valence-electron chi connectivity index (χ4n) is 2.35. The first kappa shape index (κ1) is 17.9. The van der Waals surface area contributed by atoms with Gasteiger partial charge < -0.3 is 15.0 Å². The fourth-order valence-corrected chi connectivity index (χ4v) is 2.35. The van der Waals surface area contributed by atoms with E-state index in [0.717, 1.165) is 26.2 Å². The van der Waals surface area contributed by atoms with Gasteiger partial charge >= 0.3 is 0 Å². The summed E-state index contributed by atoms with van der Waals surface area (Å²) in [7, 11) is 3.84. The molecule has 0 radical (unpaired) electrons. The van der Waals surface area contributed by atoms with Gasteiger partial charge in [-0.25, -0.2) is 0 Å². The Hall–Kier alpha value is -0.120. The molecule has 0 aromatic carbocycles. The summed E-state index contributed by atoms with van der Waals surface area (Å²) in [5.74, 6) is 0.713. The van der Waals surface area contributed by atoms with Crippen molar-refractivity contribution >= 4 is 0 Å². The summed E-state index contributed by atoms with van der Waals surface area (Å²) in [6, 6.07) is 0.565. The van der Waals surface area contributed by atoms with E-state index in [-0.39, 0.29) is 0 Å². The van der Waals surface area contributed by atoms with E-state index in [1.807, 2.05) is 0 Å². The van der Waals surface area contributed by atoms with Crippen LogP contribution in [-0.4, -0.2) is 51.3 Å². The van der Waals surface area contributed by atoms with Crippen LogP contribution in [0.15, 0.2) is 0 Å². The Morgan fingerprint density at radius 2 is 1.78 bits per heavy atom. The maximum Gasteiger partial charge on any atom is 0.0589 e. The van der Waals surface area contributed by atoms with Gasteiger partial charge in [0.05, 0.1) is 6.61 Å². The first-order valence-corrected chi connectivity index (χ1v) is 7.19. The van der Waals surface area contributed by atoms with E-state index >= 15 is 0 Å². The molecule has 3 heteroatoms. The molecular weight excluding hydrogens is 224 g/mol. The molecule has 0 amide bonds. The van der Waals surface area contributed by atoms with E-state index in [2.05, 4.69) is 51.9 Å². The lowest BCUT2D eigenvalue weighted by atomic mass is 9.85. The molecule has 3 nitrogen and oxygen atoms in total. The second kappa shape index (κ2) is 8.89. The molecule has 0 aromatic rings. The van der Waals surface area contributed by atoms with Gasteiger partial charge in [-0.2, -0.15) is 0 Å². The topological polar surface area (TPSA) is 24.5 Å². The Morgan fingerprint density at radius 1 is 1.17 bits per heavy atom. The number of nitrogens with one attached hydrogen (secondary N) is 1. The molecule has 0 saturated carbocycles. The number of hydrogen-bond donors (Lipinski definition) is 1. The summed E-state index contributed by atoms with van der Waals surface area (Å²) in [5, 5.41) is 3.45. The molecule has 0 spiro atoms. The molecule has 18 heavy (non-hydrogen) atoms. The van der Waals surface area contributed by atoms with Crippen LogP contribution in [0.5, 0.6) is 0 Å². The summed E-state index contributed by atoms with van der Waals surface area (Å²) < 4.78 is 5.20. The van der Waals surface area contributed by atoms with Gasteiger partial charge in [0.15, 0.2) is 0 Å². The van der Waals surface area contributed by atoms with Crippen molar-refractivity contribution in [3.8, 4) is 0 Å². The van der Waals surface area contributed by atoms with E-state index < -0.39 is 0 Å². The molecule has 0 fully saturated rings. The predicted octanol–water partition coefficient (Wildman–Crippen LogP) is 2.62. The molecule has 0 aromatic heterocycles. The Balaban J connectivity index is 4.21. The SMILES string of the molecule is CNC(CCN(CCOC)CC(C)C)C(C)(C)C. The molecule has 1 atom stereocenters. The Morgan fingerprint density at radius 3 is 2.17 bits per heavy atom. The fraction of sp³-hybridized carbons (Fsp3) is 1.00. The lowest BCUT2D eigenvalue weighted by molar-refractivity contribution is 0.130. The van der Waals surface area contributed by atoms with Crippen LogP contribution in [0.1, 0.15) is 41.0 Å². The third-order valence-corrected chi connectivity index (χ3v) is 3.36. The van der Waals surface area contributed by atoms with E-state index in [0.29, 0.717) is 17.4 Å². The second-order valence-corrected chi connectivity index (χ2v) is 6.68. The highest BCUT2D eigenvalue weighted by Crippen LogP contribution is 2.21. The lowest BCUT2D eigenvalue weighted by Gasteiger charge is -2.33. The third kappa shape index (κ3) is 8.06. The molecule has 1 unspecified atom stereocenters. The van der Waals surface area contributed by atoms with Crippen molar-refractivity contribution < 1.29 is 4.74 Å². The first-order valence-electron chi connectivity index (χ1n) is 7.19. The number of ether oxygens (including phenoxy) is 1. The van der Waals surface area contributed by atoms with Crippen LogP contribution in [0.4, 0.5) is 0 Å². The summed E-state index contributed by atoms with van der Waals surface area (Å²) in [6.07, 6.45) is 1.19. The van der Waals surface area contributed by atoms with Crippen LogP contribution in [0.25, 0.3) is 0 Å². The maximum atomic E-state index is 5.20. The van der Waals surface area contributed by atoms with E-state index in [1.165, 1.54) is 6.42 Å². The largest absolute Gasteiger partial charge is 0.383 e. The smallest absolute Gasteiger partial charge is 0.0589 e. The highest BCUT2D eigenvalue weighted by Gasteiger charge is 2.23. The second-order valence-electron chi connectivity index (χ2n) is 6.68. The quantitative estimate of drug-likeness (QED) is 0.688. The number of methoxy groups -OCH3 is 1. The van der Waals surface area contributed by atoms with Gasteiger partial charge in [0.1, 0.15) is 0 Å². The third-order valence-electron chi connectivity index (χ3n) is 3.36. The number of rotatable bonds is 9. The maximum absolute atomic E-state index is 5.20. The van der Waals surface area contributed by atoms with Crippen molar-refractivity contribution in [2.75, 3.05) is 40.4 Å². The van der Waals surface area contributed by atoms with Crippen LogP contribution >= 0.6 is 0 Å². The molecule has 0 bridgehead atoms. The van der Waals surface area contributed by atoms with Crippen LogP contribution in [-0.2, 0) is 4.74 Å². The minimum Gasteiger partial charge on any atom is -0.383 e. The van der Waals surface area contributed by atoms with Crippen molar-refractivity contribution in [2.45, 2.75) is 47.1 Å². The molecule has 110 valence electrons. The molecular formula is C15H34N2O. The van der Waals surface area contributed by atoms with Crippen molar-refractivity contribution in [2.24, 2.45) is 11.3 Å². The summed E-state index contributed by atoms with van der Waals surface area (Å²) in [5.41, 5.74) is 0.319. The van der Waals surface area contributed by atoms with Gasteiger partial charge in [0.25, 0.3) is 0 Å². The van der Waals surface area contributed by atoms with Gasteiger partial charge in [-0.15, -0.1) is 0 Å². The van der Waals surface area contributed by atoms with Gasteiger partial charge in [-0.05, 0) is 31.3 Å².